The third-order valence-corrected chi connectivity index (χ3v) is 5.27. The number of carbonyl (C=O) groups is 2. The number of aromatic hydroxyl groups is 2. The van der Waals surface area contributed by atoms with Crippen LogP contribution in [0.4, 0.5) is 0 Å². The molecule has 0 amide bonds. The van der Waals surface area contributed by atoms with Crippen LogP contribution in [-0.2, 0) is 9.59 Å². The SMILES string of the molecule is CC(C)(C)CCC(=O)CCC(=O)CCC(C)(C)C(c1cc(O)no1)c1cc(O)no1. The Hall–Kier alpha value is -2.64. The van der Waals surface area contributed by atoms with E-state index in [4.69, 9.17) is 9.05 Å². The van der Waals surface area contributed by atoms with Gasteiger partial charge in [0.15, 0.2) is 11.5 Å². The van der Waals surface area contributed by atoms with Crippen molar-refractivity contribution in [2.75, 3.05) is 0 Å². The second kappa shape index (κ2) is 9.45. The molecule has 0 fully saturated rings. The maximum atomic E-state index is 12.4. The van der Waals surface area contributed by atoms with Gasteiger partial charge < -0.3 is 19.3 Å². The van der Waals surface area contributed by atoms with Crippen LogP contribution < -0.4 is 0 Å². The van der Waals surface area contributed by atoms with E-state index in [0.29, 0.717) is 24.4 Å². The summed E-state index contributed by atoms with van der Waals surface area (Å²) in [6, 6.07) is 2.75. The van der Waals surface area contributed by atoms with Gasteiger partial charge in [0.05, 0.1) is 5.92 Å². The van der Waals surface area contributed by atoms with Crippen LogP contribution in [0.25, 0.3) is 0 Å². The van der Waals surface area contributed by atoms with Crippen molar-refractivity contribution in [2.45, 2.75) is 79.1 Å². The number of rotatable bonds is 11. The van der Waals surface area contributed by atoms with E-state index in [-0.39, 0.29) is 48.0 Å². The Morgan fingerprint density at radius 2 is 1.27 bits per heavy atom. The van der Waals surface area contributed by atoms with Crippen molar-refractivity contribution in [1.29, 1.82) is 0 Å². The lowest BCUT2D eigenvalue weighted by molar-refractivity contribution is -0.124. The standard InChI is InChI=1S/C22H32N2O6/c1-21(2,3)10-8-14(25)6-7-15(26)9-11-22(4,5)20(16-12-18(27)23-29-16)17-13-19(28)24-30-17/h12-13,20H,6-11H2,1-5H3,(H,23,27)(H,24,28). The molecule has 0 unspecified atom stereocenters. The molecule has 2 heterocycles. The fourth-order valence-electron chi connectivity index (χ4n) is 3.39. The molecule has 0 atom stereocenters. The van der Waals surface area contributed by atoms with Gasteiger partial charge in [-0.25, -0.2) is 0 Å². The van der Waals surface area contributed by atoms with Crippen molar-refractivity contribution in [1.82, 2.24) is 10.3 Å². The van der Waals surface area contributed by atoms with Crippen molar-refractivity contribution in [3.05, 3.63) is 23.7 Å². The molecule has 2 rings (SSSR count). The van der Waals surface area contributed by atoms with Gasteiger partial charge in [0.1, 0.15) is 11.6 Å². The number of carbonyl (C=O) groups excluding carboxylic acids is 2. The molecule has 0 spiro atoms. The van der Waals surface area contributed by atoms with Gasteiger partial charge in [0.2, 0.25) is 0 Å². The Morgan fingerprint density at radius 3 is 1.63 bits per heavy atom. The lowest BCUT2D eigenvalue weighted by Gasteiger charge is -2.30. The first-order valence-electron chi connectivity index (χ1n) is 10.2. The van der Waals surface area contributed by atoms with Gasteiger partial charge in [-0.1, -0.05) is 34.6 Å². The summed E-state index contributed by atoms with van der Waals surface area (Å²) in [5, 5.41) is 26.2. The topological polar surface area (TPSA) is 127 Å². The first-order chi connectivity index (χ1) is 13.9. The largest absolute Gasteiger partial charge is 0.491 e. The molecule has 0 aliphatic heterocycles. The number of hydrogen-bond acceptors (Lipinski definition) is 8. The highest BCUT2D eigenvalue weighted by atomic mass is 16.5. The summed E-state index contributed by atoms with van der Waals surface area (Å²) in [6.45, 7) is 10.1. The third-order valence-electron chi connectivity index (χ3n) is 5.27. The minimum atomic E-state index is -0.538. The van der Waals surface area contributed by atoms with Crippen LogP contribution in [0.2, 0.25) is 0 Å². The van der Waals surface area contributed by atoms with Crippen LogP contribution in [0.5, 0.6) is 11.8 Å². The van der Waals surface area contributed by atoms with Gasteiger partial charge in [-0.2, -0.15) is 0 Å². The van der Waals surface area contributed by atoms with Gasteiger partial charge in [0.25, 0.3) is 11.8 Å². The molecule has 0 bridgehead atoms. The highest BCUT2D eigenvalue weighted by Gasteiger charge is 2.38. The van der Waals surface area contributed by atoms with Gasteiger partial charge in [-0.05, 0) is 34.0 Å². The second-order valence-corrected chi connectivity index (χ2v) is 9.73. The number of nitrogens with zero attached hydrogens (tertiary/aromatic N) is 2. The molecule has 0 aliphatic rings. The molecule has 166 valence electrons. The minimum absolute atomic E-state index is 0.0202. The van der Waals surface area contributed by atoms with E-state index in [9.17, 15) is 19.8 Å². The predicted molar refractivity (Wildman–Crippen MR) is 109 cm³/mol. The number of aromatic nitrogens is 2. The van der Waals surface area contributed by atoms with E-state index in [0.717, 1.165) is 6.42 Å². The molecule has 2 aromatic heterocycles. The molecule has 8 heteroatoms. The molecule has 0 aliphatic carbocycles. The summed E-state index contributed by atoms with van der Waals surface area (Å²) >= 11 is 0. The van der Waals surface area contributed by atoms with Gasteiger partial charge in [0, 0.05) is 37.8 Å². The van der Waals surface area contributed by atoms with Crippen LogP contribution in [0.1, 0.15) is 90.6 Å². The van der Waals surface area contributed by atoms with Crippen LogP contribution in [0.15, 0.2) is 21.2 Å². The monoisotopic (exact) mass is 420 g/mol. The third kappa shape index (κ3) is 7.00. The zero-order valence-corrected chi connectivity index (χ0v) is 18.4. The van der Waals surface area contributed by atoms with E-state index >= 15 is 0 Å². The summed E-state index contributed by atoms with van der Waals surface area (Å²) in [4.78, 5) is 24.4. The van der Waals surface area contributed by atoms with Crippen molar-refractivity contribution >= 4 is 11.6 Å². The minimum Gasteiger partial charge on any atom is -0.491 e. The number of Topliss-reactive ketones (excluding diaryl/α,β-unsaturated/α-hetero) is 2. The van der Waals surface area contributed by atoms with Crippen LogP contribution in [0, 0.1) is 10.8 Å². The Kier molecular flexibility index (Phi) is 7.44. The highest BCUT2D eigenvalue weighted by Crippen LogP contribution is 2.45. The van der Waals surface area contributed by atoms with Crippen LogP contribution in [-0.4, -0.2) is 32.1 Å². The van der Waals surface area contributed by atoms with Crippen molar-refractivity contribution in [3.8, 4) is 11.8 Å². The second-order valence-electron chi connectivity index (χ2n) is 9.73. The highest BCUT2D eigenvalue weighted by molar-refractivity contribution is 5.86. The summed E-state index contributed by atoms with van der Waals surface area (Å²) in [6.07, 6.45) is 2.57. The van der Waals surface area contributed by atoms with Crippen molar-refractivity contribution < 1.29 is 28.8 Å². The van der Waals surface area contributed by atoms with Crippen molar-refractivity contribution in [3.63, 3.8) is 0 Å². The first kappa shape index (κ1) is 23.6. The Balaban J connectivity index is 1.97. The Labute approximate surface area is 176 Å². The molecule has 0 saturated heterocycles. The fraction of sp³-hybridized carbons (Fsp3) is 0.636. The van der Waals surface area contributed by atoms with E-state index in [1.165, 1.54) is 12.1 Å². The van der Waals surface area contributed by atoms with E-state index in [2.05, 4.69) is 31.1 Å². The molecule has 0 radical (unpaired) electrons. The quantitative estimate of drug-likeness (QED) is 0.533. The molecule has 2 aromatic rings. The molecule has 0 saturated carbocycles. The summed E-state index contributed by atoms with van der Waals surface area (Å²) in [7, 11) is 0. The fourth-order valence-corrected chi connectivity index (χ4v) is 3.39. The molecule has 0 aromatic carbocycles. The Bertz CT molecular complexity index is 819. The number of hydrogen-bond donors (Lipinski definition) is 2. The average Bonchev–Trinajstić information content (AvgIpc) is 3.24. The maximum Gasteiger partial charge on any atom is 0.251 e. The lowest BCUT2D eigenvalue weighted by Crippen LogP contribution is -2.24. The van der Waals surface area contributed by atoms with E-state index < -0.39 is 11.3 Å². The first-order valence-corrected chi connectivity index (χ1v) is 10.2. The van der Waals surface area contributed by atoms with Crippen LogP contribution in [0.3, 0.4) is 0 Å². The lowest BCUT2D eigenvalue weighted by atomic mass is 9.72. The van der Waals surface area contributed by atoms with Crippen LogP contribution >= 0.6 is 0 Å². The van der Waals surface area contributed by atoms with Crippen molar-refractivity contribution in [2.24, 2.45) is 10.8 Å². The zero-order valence-electron chi connectivity index (χ0n) is 18.4. The maximum absolute atomic E-state index is 12.4. The number of ketones is 2. The average molecular weight is 421 g/mol. The Morgan fingerprint density at radius 1 is 0.833 bits per heavy atom. The van der Waals surface area contributed by atoms with E-state index in [1.807, 2.05) is 13.8 Å². The normalized spacial score (nSPS) is 12.5. The molecule has 2 N–H and O–H groups in total. The molecular weight excluding hydrogens is 388 g/mol. The molecular formula is C22H32N2O6. The zero-order chi connectivity index (χ0) is 22.5. The summed E-state index contributed by atoms with van der Waals surface area (Å²) in [5.74, 6) is -0.215. The summed E-state index contributed by atoms with van der Waals surface area (Å²) < 4.78 is 10.4. The smallest absolute Gasteiger partial charge is 0.251 e. The van der Waals surface area contributed by atoms with E-state index in [1.54, 1.807) is 0 Å². The summed E-state index contributed by atoms with van der Waals surface area (Å²) in [5.41, 5.74) is -0.438. The molecule has 8 nitrogen and oxygen atoms in total. The molecule has 30 heavy (non-hydrogen) atoms. The van der Waals surface area contributed by atoms with Gasteiger partial charge in [-0.3, -0.25) is 9.59 Å². The predicted octanol–water partition coefficient (Wildman–Crippen LogP) is 4.76. The van der Waals surface area contributed by atoms with Gasteiger partial charge in [-0.15, -0.1) is 0 Å². The van der Waals surface area contributed by atoms with Gasteiger partial charge >= 0.3 is 0 Å².